The summed E-state index contributed by atoms with van der Waals surface area (Å²) >= 11 is 2.24. The van der Waals surface area contributed by atoms with E-state index in [1.807, 2.05) is 7.05 Å². The lowest BCUT2D eigenvalue weighted by atomic mass is 10.2. The largest absolute Gasteiger partial charge is 0.378 e. The van der Waals surface area contributed by atoms with Crippen molar-refractivity contribution in [2.45, 2.75) is 26.4 Å². The summed E-state index contributed by atoms with van der Waals surface area (Å²) in [6, 6.07) is 0. The van der Waals surface area contributed by atoms with Crippen molar-refractivity contribution in [3.63, 3.8) is 0 Å². The number of hydrogen-bond acceptors (Lipinski definition) is 4. The van der Waals surface area contributed by atoms with Crippen molar-refractivity contribution in [1.82, 2.24) is 9.97 Å². The first-order valence-corrected chi connectivity index (χ1v) is 5.91. The van der Waals surface area contributed by atoms with Crippen LogP contribution >= 0.6 is 22.6 Å². The molecule has 0 aliphatic carbocycles. The van der Waals surface area contributed by atoms with Gasteiger partial charge in [0, 0.05) is 20.1 Å². The van der Waals surface area contributed by atoms with Gasteiger partial charge in [0.25, 0.3) is 0 Å². The molecular weight excluding hydrogens is 305 g/mol. The van der Waals surface area contributed by atoms with Gasteiger partial charge >= 0.3 is 0 Å². The zero-order chi connectivity index (χ0) is 11.4. The average Bonchev–Trinajstić information content (AvgIpc) is 2.21. The molecule has 0 spiro atoms. The third-order valence-corrected chi connectivity index (χ3v) is 3.10. The molecule has 1 aromatic rings. The first-order valence-electron chi connectivity index (χ1n) is 4.83. The Morgan fingerprint density at radius 1 is 1.40 bits per heavy atom. The van der Waals surface area contributed by atoms with Gasteiger partial charge in [-0.15, -0.1) is 0 Å². The number of nitrogens with zero attached hydrogens (tertiary/aromatic N) is 2. The monoisotopic (exact) mass is 321 g/mol. The second-order valence-electron chi connectivity index (χ2n) is 3.53. The van der Waals surface area contributed by atoms with Crippen molar-refractivity contribution in [1.29, 1.82) is 0 Å². The molecule has 5 heteroatoms. The van der Waals surface area contributed by atoms with Gasteiger partial charge < -0.3 is 10.1 Å². The van der Waals surface area contributed by atoms with E-state index in [1.54, 1.807) is 7.11 Å². The molecule has 0 bridgehead atoms. The second kappa shape index (κ2) is 5.60. The maximum atomic E-state index is 5.12. The van der Waals surface area contributed by atoms with Gasteiger partial charge in [0.1, 0.15) is 11.6 Å². The van der Waals surface area contributed by atoms with Crippen LogP contribution in [-0.2, 0) is 11.3 Å². The molecule has 15 heavy (non-hydrogen) atoms. The van der Waals surface area contributed by atoms with Crippen LogP contribution in [0, 0.1) is 3.57 Å². The third-order valence-electron chi connectivity index (χ3n) is 1.97. The Kier molecular flexibility index (Phi) is 4.72. The standard InChI is InChI=1S/C10H16IN3O/c1-6(2)9-13-7(5-15-4)8(11)10(12-3)14-9/h6H,5H2,1-4H3,(H,12,13,14). The zero-order valence-electron chi connectivity index (χ0n) is 9.47. The van der Waals surface area contributed by atoms with Crippen LogP contribution in [0.3, 0.4) is 0 Å². The van der Waals surface area contributed by atoms with E-state index in [0.29, 0.717) is 12.5 Å². The predicted octanol–water partition coefficient (Wildman–Crippen LogP) is 2.39. The van der Waals surface area contributed by atoms with E-state index in [0.717, 1.165) is 20.9 Å². The Balaban J connectivity index is 3.19. The number of aromatic nitrogens is 2. The van der Waals surface area contributed by atoms with Gasteiger partial charge in [0.15, 0.2) is 0 Å². The van der Waals surface area contributed by atoms with Crippen LogP contribution in [0.4, 0.5) is 5.82 Å². The molecule has 0 aliphatic heterocycles. The van der Waals surface area contributed by atoms with E-state index in [1.165, 1.54) is 0 Å². The first kappa shape index (κ1) is 12.6. The fourth-order valence-electron chi connectivity index (χ4n) is 1.17. The van der Waals surface area contributed by atoms with Crippen molar-refractivity contribution in [2.24, 2.45) is 0 Å². The van der Waals surface area contributed by atoms with Gasteiger partial charge in [0.2, 0.25) is 0 Å². The Labute approximate surface area is 104 Å². The highest BCUT2D eigenvalue weighted by Gasteiger charge is 2.12. The number of hydrogen-bond donors (Lipinski definition) is 1. The quantitative estimate of drug-likeness (QED) is 0.865. The molecule has 1 aromatic heterocycles. The van der Waals surface area contributed by atoms with Gasteiger partial charge in [-0.05, 0) is 22.6 Å². The highest BCUT2D eigenvalue weighted by Crippen LogP contribution is 2.22. The molecule has 0 radical (unpaired) electrons. The highest BCUT2D eigenvalue weighted by atomic mass is 127. The molecule has 1 heterocycles. The minimum absolute atomic E-state index is 0.324. The second-order valence-corrected chi connectivity index (χ2v) is 4.61. The number of ether oxygens (including phenoxy) is 1. The summed E-state index contributed by atoms with van der Waals surface area (Å²) in [5.41, 5.74) is 0.946. The molecule has 1 rings (SSSR count). The van der Waals surface area contributed by atoms with E-state index < -0.39 is 0 Å². The normalized spacial score (nSPS) is 10.8. The van der Waals surface area contributed by atoms with Crippen molar-refractivity contribution in [3.8, 4) is 0 Å². The van der Waals surface area contributed by atoms with Gasteiger partial charge in [0.05, 0.1) is 15.9 Å². The van der Waals surface area contributed by atoms with Crippen molar-refractivity contribution < 1.29 is 4.74 Å². The van der Waals surface area contributed by atoms with Crippen LogP contribution in [0.1, 0.15) is 31.3 Å². The molecule has 0 aliphatic rings. The van der Waals surface area contributed by atoms with E-state index >= 15 is 0 Å². The molecular formula is C10H16IN3O. The lowest BCUT2D eigenvalue weighted by Crippen LogP contribution is -2.09. The Bertz CT molecular complexity index is 342. The summed E-state index contributed by atoms with van der Waals surface area (Å²) in [4.78, 5) is 8.93. The zero-order valence-corrected chi connectivity index (χ0v) is 11.6. The maximum Gasteiger partial charge on any atom is 0.143 e. The summed E-state index contributed by atoms with van der Waals surface area (Å²) in [7, 11) is 3.54. The van der Waals surface area contributed by atoms with Gasteiger partial charge in [-0.3, -0.25) is 0 Å². The summed E-state index contributed by atoms with van der Waals surface area (Å²) in [6.45, 7) is 4.69. The number of methoxy groups -OCH3 is 1. The molecule has 0 fully saturated rings. The Morgan fingerprint density at radius 3 is 2.53 bits per heavy atom. The Morgan fingerprint density at radius 2 is 2.07 bits per heavy atom. The first-order chi connectivity index (χ1) is 7.10. The summed E-state index contributed by atoms with van der Waals surface area (Å²) in [5, 5.41) is 3.08. The van der Waals surface area contributed by atoms with Crippen LogP contribution < -0.4 is 5.32 Å². The van der Waals surface area contributed by atoms with E-state index in [9.17, 15) is 0 Å². The number of nitrogens with one attached hydrogen (secondary N) is 1. The van der Waals surface area contributed by atoms with Crippen LogP contribution in [0.5, 0.6) is 0 Å². The van der Waals surface area contributed by atoms with E-state index in [2.05, 4.69) is 51.7 Å². The van der Waals surface area contributed by atoms with Crippen molar-refractivity contribution in [3.05, 3.63) is 15.1 Å². The lowest BCUT2D eigenvalue weighted by Gasteiger charge is -2.12. The van der Waals surface area contributed by atoms with Gasteiger partial charge in [-0.25, -0.2) is 9.97 Å². The van der Waals surface area contributed by atoms with E-state index in [4.69, 9.17) is 4.74 Å². The molecule has 0 aromatic carbocycles. The fourth-order valence-corrected chi connectivity index (χ4v) is 1.84. The maximum absolute atomic E-state index is 5.12. The van der Waals surface area contributed by atoms with Crippen molar-refractivity contribution >= 4 is 28.4 Å². The molecule has 0 atom stereocenters. The summed E-state index contributed by atoms with van der Waals surface area (Å²) in [6.07, 6.45) is 0. The van der Waals surface area contributed by atoms with Crippen LogP contribution in [0.25, 0.3) is 0 Å². The molecule has 0 saturated carbocycles. The van der Waals surface area contributed by atoms with Gasteiger partial charge in [-0.2, -0.15) is 0 Å². The van der Waals surface area contributed by atoms with Crippen LogP contribution in [0.15, 0.2) is 0 Å². The van der Waals surface area contributed by atoms with Crippen LogP contribution in [-0.4, -0.2) is 24.1 Å². The fraction of sp³-hybridized carbons (Fsp3) is 0.600. The number of halogens is 1. The summed E-state index contributed by atoms with van der Waals surface area (Å²) in [5.74, 6) is 2.05. The van der Waals surface area contributed by atoms with Crippen molar-refractivity contribution in [2.75, 3.05) is 19.5 Å². The molecule has 84 valence electrons. The lowest BCUT2D eigenvalue weighted by molar-refractivity contribution is 0.180. The smallest absolute Gasteiger partial charge is 0.143 e. The highest BCUT2D eigenvalue weighted by molar-refractivity contribution is 14.1. The molecule has 0 unspecified atom stereocenters. The minimum atomic E-state index is 0.324. The van der Waals surface area contributed by atoms with Crippen LogP contribution in [0.2, 0.25) is 0 Å². The molecule has 0 saturated heterocycles. The molecule has 0 amide bonds. The molecule has 1 N–H and O–H groups in total. The number of anilines is 1. The number of rotatable bonds is 4. The average molecular weight is 321 g/mol. The SMILES string of the molecule is CNc1nc(C(C)C)nc(COC)c1I. The molecule has 4 nitrogen and oxygen atoms in total. The Hall–Kier alpha value is -0.430. The minimum Gasteiger partial charge on any atom is -0.378 e. The summed E-state index contributed by atoms with van der Waals surface area (Å²) < 4.78 is 6.15. The third kappa shape index (κ3) is 3.01. The van der Waals surface area contributed by atoms with E-state index in [-0.39, 0.29) is 0 Å². The topological polar surface area (TPSA) is 47.0 Å². The predicted molar refractivity (Wildman–Crippen MR) is 69.1 cm³/mol. The van der Waals surface area contributed by atoms with Gasteiger partial charge in [-0.1, -0.05) is 13.8 Å².